The van der Waals surface area contributed by atoms with E-state index in [0.717, 1.165) is 30.3 Å². The van der Waals surface area contributed by atoms with Crippen LogP contribution in [-0.2, 0) is 31.5 Å². The predicted octanol–water partition coefficient (Wildman–Crippen LogP) is 1.13. The largest absolute Gasteiger partial charge is 0.389 e. The van der Waals surface area contributed by atoms with Crippen molar-refractivity contribution < 1.29 is 9.84 Å². The highest BCUT2D eigenvalue weighted by Crippen LogP contribution is 2.21. The van der Waals surface area contributed by atoms with E-state index in [-0.39, 0.29) is 0 Å². The summed E-state index contributed by atoms with van der Waals surface area (Å²) in [6.45, 7) is 3.78. The van der Waals surface area contributed by atoms with Gasteiger partial charge in [-0.3, -0.25) is 9.58 Å². The number of aryl methyl sites for hydroxylation is 1. The number of hydrogen-bond donors (Lipinski definition) is 1. The number of rotatable bonds is 7. The van der Waals surface area contributed by atoms with Crippen LogP contribution < -0.4 is 0 Å². The molecule has 1 aliphatic heterocycles. The van der Waals surface area contributed by atoms with Crippen LogP contribution in [-0.4, -0.2) is 60.4 Å². The van der Waals surface area contributed by atoms with Crippen molar-refractivity contribution in [2.45, 2.75) is 25.8 Å². The van der Waals surface area contributed by atoms with Gasteiger partial charge >= 0.3 is 0 Å². The van der Waals surface area contributed by atoms with Gasteiger partial charge in [-0.25, -0.2) is 0 Å². The lowest BCUT2D eigenvalue weighted by Gasteiger charge is -2.29. The maximum absolute atomic E-state index is 10.2. The van der Waals surface area contributed by atoms with Gasteiger partial charge in [0.25, 0.3) is 0 Å². The van der Waals surface area contributed by atoms with E-state index in [2.05, 4.69) is 24.8 Å². The topological polar surface area (TPSA) is 81.2 Å². The first-order valence-corrected chi connectivity index (χ1v) is 9.48. The molecule has 1 atom stereocenters. The Labute approximate surface area is 155 Å². The number of aliphatic hydroxyl groups is 1. The molecule has 3 aromatic rings. The Kier molecular flexibility index (Phi) is 5.11. The first-order chi connectivity index (χ1) is 12.7. The van der Waals surface area contributed by atoms with Gasteiger partial charge in [-0.15, -0.1) is 21.5 Å². The first-order valence-electron chi connectivity index (χ1n) is 8.60. The number of ether oxygens (including phenoxy) is 1. The average Bonchev–Trinajstić information content (AvgIpc) is 3.35. The summed E-state index contributed by atoms with van der Waals surface area (Å²) in [5.74, 6) is 1.77. The van der Waals surface area contributed by atoms with Crippen molar-refractivity contribution in [3.63, 3.8) is 0 Å². The summed E-state index contributed by atoms with van der Waals surface area (Å²) in [4.78, 5) is 3.36. The number of nitrogens with zero attached hydrogens (tertiary/aromatic N) is 6. The Morgan fingerprint density at radius 2 is 2.27 bits per heavy atom. The molecule has 1 unspecified atom stereocenters. The zero-order chi connectivity index (χ0) is 17.9. The summed E-state index contributed by atoms with van der Waals surface area (Å²) < 4.78 is 9.50. The molecule has 0 bridgehead atoms. The second-order valence-electron chi connectivity index (χ2n) is 6.48. The SMILES string of the molecule is Cn1cc(-c2nnc3n2CCN(CC(O)COCc2cccs2)C3)cn1. The number of hydrogen-bond acceptors (Lipinski definition) is 7. The Morgan fingerprint density at radius 1 is 1.35 bits per heavy atom. The van der Waals surface area contributed by atoms with Gasteiger partial charge in [0.15, 0.2) is 5.82 Å². The van der Waals surface area contributed by atoms with Crippen LogP contribution >= 0.6 is 11.3 Å². The molecule has 138 valence electrons. The lowest BCUT2D eigenvalue weighted by Crippen LogP contribution is -2.40. The summed E-state index contributed by atoms with van der Waals surface area (Å²) >= 11 is 1.66. The summed E-state index contributed by atoms with van der Waals surface area (Å²) in [5, 5.41) is 25.1. The molecule has 4 rings (SSSR count). The van der Waals surface area contributed by atoms with Crippen LogP contribution in [0.15, 0.2) is 29.9 Å². The molecule has 0 saturated heterocycles. The Balaban J connectivity index is 1.30. The minimum Gasteiger partial charge on any atom is -0.389 e. The highest BCUT2D eigenvalue weighted by molar-refractivity contribution is 7.09. The van der Waals surface area contributed by atoms with E-state index in [1.54, 1.807) is 22.2 Å². The van der Waals surface area contributed by atoms with Crippen LogP contribution in [0, 0.1) is 0 Å². The molecule has 3 aromatic heterocycles. The number of fused-ring (bicyclic) bond motifs is 1. The molecule has 26 heavy (non-hydrogen) atoms. The van der Waals surface area contributed by atoms with Gasteiger partial charge in [-0.1, -0.05) is 6.07 Å². The molecule has 0 fully saturated rings. The normalized spacial score (nSPS) is 15.9. The molecule has 0 aliphatic carbocycles. The molecule has 1 N–H and O–H groups in total. The van der Waals surface area contributed by atoms with Crippen LogP contribution in [0.25, 0.3) is 11.4 Å². The quantitative estimate of drug-likeness (QED) is 0.668. The number of aliphatic hydroxyl groups excluding tert-OH is 1. The van der Waals surface area contributed by atoms with Crippen LogP contribution in [0.2, 0.25) is 0 Å². The van der Waals surface area contributed by atoms with Crippen molar-refractivity contribution in [1.29, 1.82) is 0 Å². The fourth-order valence-electron chi connectivity index (χ4n) is 3.15. The molecular formula is C17H22N6O2S. The van der Waals surface area contributed by atoms with Gasteiger partial charge in [0.1, 0.15) is 5.82 Å². The lowest BCUT2D eigenvalue weighted by atomic mass is 10.2. The second kappa shape index (κ2) is 7.67. The third-order valence-electron chi connectivity index (χ3n) is 4.40. The van der Waals surface area contributed by atoms with E-state index in [0.29, 0.717) is 26.3 Å². The van der Waals surface area contributed by atoms with E-state index in [4.69, 9.17) is 4.74 Å². The molecule has 4 heterocycles. The highest BCUT2D eigenvalue weighted by Gasteiger charge is 2.23. The Morgan fingerprint density at radius 3 is 3.04 bits per heavy atom. The Bertz CT molecular complexity index is 843. The van der Waals surface area contributed by atoms with Crippen LogP contribution in [0.5, 0.6) is 0 Å². The molecule has 9 heteroatoms. The van der Waals surface area contributed by atoms with Crippen molar-refractivity contribution in [2.75, 3.05) is 19.7 Å². The summed E-state index contributed by atoms with van der Waals surface area (Å²) in [6.07, 6.45) is 3.23. The molecule has 0 radical (unpaired) electrons. The van der Waals surface area contributed by atoms with E-state index >= 15 is 0 Å². The minimum atomic E-state index is -0.512. The molecule has 0 aromatic carbocycles. The maximum atomic E-state index is 10.2. The van der Waals surface area contributed by atoms with E-state index < -0.39 is 6.10 Å². The maximum Gasteiger partial charge on any atom is 0.167 e. The average molecular weight is 374 g/mol. The van der Waals surface area contributed by atoms with Gasteiger partial charge in [0.2, 0.25) is 0 Å². The van der Waals surface area contributed by atoms with Crippen LogP contribution in [0.4, 0.5) is 0 Å². The van der Waals surface area contributed by atoms with Gasteiger partial charge in [0, 0.05) is 37.8 Å². The van der Waals surface area contributed by atoms with Crippen LogP contribution in [0.1, 0.15) is 10.7 Å². The van der Waals surface area contributed by atoms with Gasteiger partial charge < -0.3 is 14.4 Å². The zero-order valence-electron chi connectivity index (χ0n) is 14.7. The minimum absolute atomic E-state index is 0.335. The number of β-amino-alcohol motifs (C(OH)–C–C–N with tert-alkyl or cyclic N) is 1. The van der Waals surface area contributed by atoms with Crippen molar-refractivity contribution in [1.82, 2.24) is 29.4 Å². The molecule has 1 aliphatic rings. The monoisotopic (exact) mass is 374 g/mol. The predicted molar refractivity (Wildman–Crippen MR) is 97.5 cm³/mol. The van der Waals surface area contributed by atoms with Crippen molar-refractivity contribution in [3.8, 4) is 11.4 Å². The summed E-state index contributed by atoms with van der Waals surface area (Å²) in [6, 6.07) is 4.04. The smallest absolute Gasteiger partial charge is 0.167 e. The number of thiophene rings is 1. The van der Waals surface area contributed by atoms with Crippen LogP contribution in [0.3, 0.4) is 0 Å². The Hall–Kier alpha value is -2.07. The van der Waals surface area contributed by atoms with Crippen molar-refractivity contribution in [3.05, 3.63) is 40.6 Å². The second-order valence-corrected chi connectivity index (χ2v) is 7.51. The summed E-state index contributed by atoms with van der Waals surface area (Å²) in [5.41, 5.74) is 0.974. The standard InChI is InChI=1S/C17H22N6O2S/c1-21-8-13(7-18-21)17-20-19-16-10-22(4-5-23(16)17)9-14(24)11-25-12-15-3-2-6-26-15/h2-3,6-8,14,24H,4-5,9-12H2,1H3. The third kappa shape index (κ3) is 3.85. The molecule has 0 saturated carbocycles. The van der Waals surface area contributed by atoms with Crippen molar-refractivity contribution in [2.24, 2.45) is 7.05 Å². The van der Waals surface area contributed by atoms with Gasteiger partial charge in [-0.05, 0) is 11.4 Å². The third-order valence-corrected chi connectivity index (χ3v) is 5.25. The molecule has 8 nitrogen and oxygen atoms in total. The zero-order valence-corrected chi connectivity index (χ0v) is 15.5. The fraction of sp³-hybridized carbons (Fsp3) is 0.471. The first kappa shape index (κ1) is 17.3. The highest BCUT2D eigenvalue weighted by atomic mass is 32.1. The van der Waals surface area contributed by atoms with Gasteiger partial charge in [0.05, 0.1) is 37.6 Å². The molecular weight excluding hydrogens is 352 g/mol. The summed E-state index contributed by atoms with van der Waals surface area (Å²) in [7, 11) is 1.89. The van der Waals surface area contributed by atoms with E-state index in [1.807, 2.05) is 30.8 Å². The van der Waals surface area contributed by atoms with E-state index in [1.165, 1.54) is 4.88 Å². The molecule has 0 amide bonds. The number of aromatic nitrogens is 5. The van der Waals surface area contributed by atoms with Gasteiger partial charge in [-0.2, -0.15) is 5.10 Å². The van der Waals surface area contributed by atoms with E-state index in [9.17, 15) is 5.11 Å². The molecule has 0 spiro atoms. The lowest BCUT2D eigenvalue weighted by molar-refractivity contribution is 0.00619. The van der Waals surface area contributed by atoms with Crippen molar-refractivity contribution >= 4 is 11.3 Å². The fourth-order valence-corrected chi connectivity index (χ4v) is 3.80.